The van der Waals surface area contributed by atoms with Gasteiger partial charge in [-0.2, -0.15) is 0 Å². The van der Waals surface area contributed by atoms with Crippen LogP contribution < -0.4 is 24.4 Å². The number of esters is 1. The summed E-state index contributed by atoms with van der Waals surface area (Å²) >= 11 is 0. The van der Waals surface area contributed by atoms with Crippen molar-refractivity contribution in [3.8, 4) is 34.1 Å². The minimum atomic E-state index is -0.545. The Bertz CT molecular complexity index is 1500. The second-order valence-electron chi connectivity index (χ2n) is 8.50. The molecular weight excluding hydrogens is 476 g/mol. The number of fused-ring (bicyclic) bond motifs is 2. The molecule has 1 aliphatic rings. The van der Waals surface area contributed by atoms with Gasteiger partial charge in [0.15, 0.2) is 11.5 Å². The van der Waals surface area contributed by atoms with Crippen molar-refractivity contribution in [3.63, 3.8) is 0 Å². The molecule has 4 aromatic rings. The van der Waals surface area contributed by atoms with Gasteiger partial charge in [0.05, 0.1) is 38.7 Å². The van der Waals surface area contributed by atoms with Crippen LogP contribution in [0.1, 0.15) is 23.5 Å². The fourth-order valence-electron chi connectivity index (χ4n) is 4.59. The number of hydrogen-bond donors (Lipinski definition) is 0. The van der Waals surface area contributed by atoms with E-state index in [1.165, 1.54) is 20.5 Å². The van der Waals surface area contributed by atoms with E-state index < -0.39 is 11.9 Å². The van der Waals surface area contributed by atoms with Crippen molar-refractivity contribution in [1.82, 2.24) is 0 Å². The molecule has 5 rings (SSSR count). The third-order valence-corrected chi connectivity index (χ3v) is 6.48. The van der Waals surface area contributed by atoms with Crippen LogP contribution in [-0.2, 0) is 9.53 Å². The summed E-state index contributed by atoms with van der Waals surface area (Å²) in [6.45, 7) is 0.898. The average molecular weight is 503 g/mol. The monoisotopic (exact) mass is 502 g/mol. The molecule has 0 fully saturated rings. The van der Waals surface area contributed by atoms with Crippen LogP contribution in [0.4, 0.5) is 0 Å². The van der Waals surface area contributed by atoms with Gasteiger partial charge in [-0.1, -0.05) is 18.2 Å². The van der Waals surface area contributed by atoms with E-state index in [1.807, 2.05) is 18.2 Å². The fourth-order valence-corrected chi connectivity index (χ4v) is 4.59. The molecule has 0 aliphatic carbocycles. The van der Waals surface area contributed by atoms with E-state index in [-0.39, 0.29) is 11.8 Å². The van der Waals surface area contributed by atoms with Gasteiger partial charge in [-0.3, -0.25) is 9.59 Å². The molecule has 2 heterocycles. The van der Waals surface area contributed by atoms with E-state index in [0.717, 1.165) is 5.56 Å². The first-order valence-corrected chi connectivity index (χ1v) is 11.8. The third kappa shape index (κ3) is 4.58. The third-order valence-electron chi connectivity index (χ3n) is 6.48. The molecule has 8 heteroatoms. The summed E-state index contributed by atoms with van der Waals surface area (Å²) in [5.41, 5.74) is 2.59. The normalized spacial score (nSPS) is 13.2. The number of methoxy groups -OCH3 is 3. The lowest BCUT2D eigenvalue weighted by Gasteiger charge is -2.23. The predicted octanol–water partition coefficient (Wildman–Crippen LogP) is 4.94. The largest absolute Gasteiger partial charge is 0.497 e. The SMILES string of the molecule is COC(=O)C[C@H](c1ccc2c(c1)OCCO2)c1c(OC)ccc2c(=O)c(-c3ccc(OC)cc3)coc12. The summed E-state index contributed by atoms with van der Waals surface area (Å²) in [7, 11) is 4.46. The number of carbonyl (C=O) groups excluding carboxylic acids is 1. The van der Waals surface area contributed by atoms with E-state index in [0.29, 0.717) is 63.9 Å². The summed E-state index contributed by atoms with van der Waals surface area (Å²) in [4.78, 5) is 26.1. The van der Waals surface area contributed by atoms with Crippen LogP contribution in [0.5, 0.6) is 23.0 Å². The highest BCUT2D eigenvalue weighted by molar-refractivity contribution is 5.87. The minimum Gasteiger partial charge on any atom is -0.497 e. The van der Waals surface area contributed by atoms with E-state index >= 15 is 0 Å². The molecule has 1 aromatic heterocycles. The zero-order chi connectivity index (χ0) is 25.9. The lowest BCUT2D eigenvalue weighted by Crippen LogP contribution is -2.17. The molecule has 37 heavy (non-hydrogen) atoms. The van der Waals surface area contributed by atoms with Gasteiger partial charge in [0, 0.05) is 11.5 Å². The topological polar surface area (TPSA) is 93.4 Å². The standard InChI is InChI=1S/C29H26O8/c1-32-19-7-4-17(5-8-19)22-16-37-29-20(28(22)31)9-11-24(33-2)27(29)21(15-26(30)34-3)18-6-10-23-25(14-18)36-13-12-35-23/h4-11,14,16,21H,12-13,15H2,1-3H3/t21-/m1/s1. The van der Waals surface area contributed by atoms with Gasteiger partial charge in [0.2, 0.25) is 5.43 Å². The molecule has 0 bridgehead atoms. The van der Waals surface area contributed by atoms with Crippen LogP contribution in [0.15, 0.2) is 70.1 Å². The molecule has 190 valence electrons. The smallest absolute Gasteiger partial charge is 0.306 e. The molecule has 0 saturated carbocycles. The van der Waals surface area contributed by atoms with Gasteiger partial charge in [0.25, 0.3) is 0 Å². The number of benzene rings is 3. The first-order chi connectivity index (χ1) is 18.0. The van der Waals surface area contributed by atoms with Gasteiger partial charge in [-0.25, -0.2) is 0 Å². The Morgan fingerprint density at radius 2 is 1.68 bits per heavy atom. The molecule has 0 unspecified atom stereocenters. The number of hydrogen-bond acceptors (Lipinski definition) is 8. The highest BCUT2D eigenvalue weighted by Gasteiger charge is 2.28. The summed E-state index contributed by atoms with van der Waals surface area (Å²) in [5, 5.41) is 0.372. The zero-order valence-corrected chi connectivity index (χ0v) is 20.7. The van der Waals surface area contributed by atoms with Crippen molar-refractivity contribution in [3.05, 3.63) is 82.2 Å². The quantitative estimate of drug-likeness (QED) is 0.328. The predicted molar refractivity (Wildman–Crippen MR) is 137 cm³/mol. The van der Waals surface area contributed by atoms with Crippen LogP contribution in [-0.4, -0.2) is 40.5 Å². The molecule has 3 aromatic carbocycles. The van der Waals surface area contributed by atoms with Crippen LogP contribution in [0.3, 0.4) is 0 Å². The van der Waals surface area contributed by atoms with Crippen LogP contribution in [0.25, 0.3) is 22.1 Å². The van der Waals surface area contributed by atoms with Crippen LogP contribution in [0, 0.1) is 0 Å². The molecule has 0 amide bonds. The van der Waals surface area contributed by atoms with Crippen LogP contribution in [0.2, 0.25) is 0 Å². The first kappa shape index (κ1) is 24.2. The molecule has 0 spiro atoms. The van der Waals surface area contributed by atoms with Gasteiger partial charge in [-0.05, 0) is 47.5 Å². The Labute approximate surface area is 213 Å². The van der Waals surface area contributed by atoms with E-state index in [2.05, 4.69) is 0 Å². The molecule has 0 saturated heterocycles. The maximum atomic E-state index is 13.6. The van der Waals surface area contributed by atoms with E-state index in [1.54, 1.807) is 43.5 Å². The number of ether oxygens (including phenoxy) is 5. The zero-order valence-electron chi connectivity index (χ0n) is 20.7. The van der Waals surface area contributed by atoms with Crippen molar-refractivity contribution < 1.29 is 32.9 Å². The van der Waals surface area contributed by atoms with Crippen molar-refractivity contribution >= 4 is 16.9 Å². The van der Waals surface area contributed by atoms with Crippen molar-refractivity contribution in [2.75, 3.05) is 34.5 Å². The van der Waals surface area contributed by atoms with Gasteiger partial charge in [-0.15, -0.1) is 0 Å². The molecular formula is C29H26O8. The van der Waals surface area contributed by atoms with E-state index in [4.69, 9.17) is 28.1 Å². The van der Waals surface area contributed by atoms with Gasteiger partial charge >= 0.3 is 5.97 Å². The Morgan fingerprint density at radius 1 is 0.919 bits per heavy atom. The summed E-state index contributed by atoms with van der Waals surface area (Å²) in [6, 6.07) is 16.1. The molecule has 0 radical (unpaired) electrons. The maximum absolute atomic E-state index is 13.6. The summed E-state index contributed by atoms with van der Waals surface area (Å²) < 4.78 is 33.5. The highest BCUT2D eigenvalue weighted by atomic mass is 16.6. The van der Waals surface area contributed by atoms with Crippen molar-refractivity contribution in [2.45, 2.75) is 12.3 Å². The second-order valence-corrected chi connectivity index (χ2v) is 8.50. The van der Waals surface area contributed by atoms with Gasteiger partial charge in [0.1, 0.15) is 36.6 Å². The van der Waals surface area contributed by atoms with Crippen molar-refractivity contribution in [1.29, 1.82) is 0 Å². The Kier molecular flexibility index (Phi) is 6.72. The fraction of sp³-hybridized carbons (Fsp3) is 0.241. The Balaban J connectivity index is 1.69. The van der Waals surface area contributed by atoms with Gasteiger partial charge < -0.3 is 28.1 Å². The summed E-state index contributed by atoms with van der Waals surface area (Å²) in [5.74, 6) is 1.42. The summed E-state index contributed by atoms with van der Waals surface area (Å²) in [6.07, 6.45) is 1.43. The number of rotatable bonds is 7. The molecule has 0 N–H and O–H groups in total. The maximum Gasteiger partial charge on any atom is 0.306 e. The average Bonchev–Trinajstić information content (AvgIpc) is 2.95. The molecule has 1 aliphatic heterocycles. The molecule has 1 atom stereocenters. The highest BCUT2D eigenvalue weighted by Crippen LogP contribution is 2.42. The second kappa shape index (κ2) is 10.3. The Morgan fingerprint density at radius 3 is 2.38 bits per heavy atom. The van der Waals surface area contributed by atoms with Crippen molar-refractivity contribution in [2.24, 2.45) is 0 Å². The minimum absolute atomic E-state index is 0.00441. The first-order valence-electron chi connectivity index (χ1n) is 11.8. The molecule has 8 nitrogen and oxygen atoms in total. The van der Waals surface area contributed by atoms with Crippen LogP contribution >= 0.6 is 0 Å². The number of carbonyl (C=O) groups is 1. The van der Waals surface area contributed by atoms with E-state index in [9.17, 15) is 9.59 Å². The lowest BCUT2D eigenvalue weighted by atomic mass is 9.86. The lowest BCUT2D eigenvalue weighted by molar-refractivity contribution is -0.140. The Hall–Kier alpha value is -4.46.